The molecule has 1 aromatic carbocycles. The van der Waals surface area contributed by atoms with E-state index in [1.165, 1.54) is 0 Å². The Hall–Kier alpha value is -2.68. The first-order valence-electron chi connectivity index (χ1n) is 12.1. The van der Waals surface area contributed by atoms with Crippen molar-refractivity contribution >= 4 is 0 Å². The minimum absolute atomic E-state index is 0.0153. The Bertz CT molecular complexity index is 811. The fourth-order valence-electron chi connectivity index (χ4n) is 2.82. The molecule has 0 spiro atoms. The molecule has 0 bridgehead atoms. The van der Waals surface area contributed by atoms with Crippen molar-refractivity contribution < 1.29 is 8.78 Å². The van der Waals surface area contributed by atoms with Crippen LogP contribution in [0.3, 0.4) is 0 Å². The van der Waals surface area contributed by atoms with Crippen LogP contribution in [0.5, 0.6) is 0 Å². The van der Waals surface area contributed by atoms with Gasteiger partial charge in [-0.15, -0.1) is 0 Å². The van der Waals surface area contributed by atoms with Gasteiger partial charge in [0.05, 0.1) is 22.3 Å². The van der Waals surface area contributed by atoms with Crippen molar-refractivity contribution in [2.24, 2.45) is 0 Å². The molecular weight excluding hydrogens is 398 g/mol. The van der Waals surface area contributed by atoms with E-state index in [4.69, 9.17) is 0 Å². The largest absolute Gasteiger partial charge is 0.204 e. The molecule has 0 aromatic heterocycles. The third-order valence-electron chi connectivity index (χ3n) is 4.85. The molecule has 1 rings (SSSR count). The van der Waals surface area contributed by atoms with Gasteiger partial charge in [0, 0.05) is 25.7 Å². The molecule has 0 N–H and O–H groups in total. The van der Waals surface area contributed by atoms with Crippen LogP contribution in [0, 0.1) is 59.0 Å². The van der Waals surface area contributed by atoms with Crippen molar-refractivity contribution in [3.05, 3.63) is 33.9 Å². The molecule has 0 heterocycles. The van der Waals surface area contributed by atoms with Crippen LogP contribution in [-0.2, 0) is 0 Å². The Morgan fingerprint density at radius 3 is 0.844 bits per heavy atom. The Labute approximate surface area is 195 Å². The summed E-state index contributed by atoms with van der Waals surface area (Å²) in [6.45, 7) is 8.29. The van der Waals surface area contributed by atoms with E-state index in [1.54, 1.807) is 0 Å². The summed E-state index contributed by atoms with van der Waals surface area (Å²) in [7, 11) is 0. The van der Waals surface area contributed by atoms with Gasteiger partial charge in [0.1, 0.15) is 0 Å². The van der Waals surface area contributed by atoms with Crippen LogP contribution in [0.25, 0.3) is 0 Å². The summed E-state index contributed by atoms with van der Waals surface area (Å²) in [6.07, 6.45) is 10.2. The first-order valence-corrected chi connectivity index (χ1v) is 12.1. The number of hydrogen-bond acceptors (Lipinski definition) is 0. The molecule has 0 atom stereocenters. The van der Waals surface area contributed by atoms with E-state index in [1.807, 2.05) is 0 Å². The Kier molecular flexibility index (Phi) is 14.5. The third kappa shape index (κ3) is 9.21. The summed E-state index contributed by atoms with van der Waals surface area (Å²) in [5, 5.41) is 0. The van der Waals surface area contributed by atoms with Crippen molar-refractivity contribution in [1.29, 1.82) is 0 Å². The van der Waals surface area contributed by atoms with Gasteiger partial charge in [0.25, 0.3) is 0 Å². The zero-order valence-electron chi connectivity index (χ0n) is 20.2. The molecule has 0 aliphatic heterocycles. The second-order valence-electron chi connectivity index (χ2n) is 7.75. The standard InChI is InChI=1S/C30H36F2/c1-5-9-13-17-21-25-26(22-18-14-10-6-2)30(32)28(24-20-16-12-8-4)27(29(25)31)23-19-15-11-7-3/h5-16H2,1-4H3. The van der Waals surface area contributed by atoms with Crippen LogP contribution in [0.4, 0.5) is 8.78 Å². The van der Waals surface area contributed by atoms with E-state index < -0.39 is 11.6 Å². The number of benzene rings is 1. The molecule has 2 heteroatoms. The minimum atomic E-state index is -0.598. The summed E-state index contributed by atoms with van der Waals surface area (Å²) in [5.41, 5.74) is 0.0611. The molecule has 0 saturated carbocycles. The quantitative estimate of drug-likeness (QED) is 0.286. The van der Waals surface area contributed by atoms with Gasteiger partial charge in [-0.1, -0.05) is 101 Å². The summed E-state index contributed by atoms with van der Waals surface area (Å²) in [5.74, 6) is 22.2. The van der Waals surface area contributed by atoms with Crippen LogP contribution >= 0.6 is 0 Å². The zero-order chi connectivity index (χ0) is 23.6. The fraction of sp³-hybridized carbons (Fsp3) is 0.533. The molecule has 0 unspecified atom stereocenters. The SMILES string of the molecule is CCCCC#Cc1c(F)c(C#CCCCC)c(C#CCCCC)c(F)c1C#CCCCC. The Morgan fingerprint density at radius 2 is 0.656 bits per heavy atom. The van der Waals surface area contributed by atoms with Gasteiger partial charge in [-0.3, -0.25) is 0 Å². The van der Waals surface area contributed by atoms with Crippen LogP contribution in [0.15, 0.2) is 0 Å². The molecular formula is C30H36F2. The second kappa shape index (κ2) is 16.9. The van der Waals surface area contributed by atoms with E-state index >= 15 is 8.78 Å². The van der Waals surface area contributed by atoms with Gasteiger partial charge in [0.2, 0.25) is 0 Å². The second-order valence-corrected chi connectivity index (χ2v) is 7.75. The van der Waals surface area contributed by atoms with Crippen LogP contribution in [-0.4, -0.2) is 0 Å². The van der Waals surface area contributed by atoms with Gasteiger partial charge in [0.15, 0.2) is 11.6 Å². The molecule has 32 heavy (non-hydrogen) atoms. The van der Waals surface area contributed by atoms with Gasteiger partial charge in [-0.2, -0.15) is 0 Å². The summed E-state index contributed by atoms with van der Waals surface area (Å²) >= 11 is 0. The highest BCUT2D eigenvalue weighted by Crippen LogP contribution is 2.25. The lowest BCUT2D eigenvalue weighted by atomic mass is 9.96. The first-order chi connectivity index (χ1) is 15.6. The molecule has 0 nitrogen and oxygen atoms in total. The first kappa shape index (κ1) is 27.4. The average Bonchev–Trinajstić information content (AvgIpc) is 2.79. The Morgan fingerprint density at radius 1 is 0.438 bits per heavy atom. The maximum absolute atomic E-state index is 15.6. The van der Waals surface area contributed by atoms with Crippen LogP contribution < -0.4 is 0 Å². The fourth-order valence-corrected chi connectivity index (χ4v) is 2.82. The molecule has 170 valence electrons. The average molecular weight is 435 g/mol. The molecule has 0 saturated heterocycles. The lowest BCUT2D eigenvalue weighted by Crippen LogP contribution is -2.04. The van der Waals surface area contributed by atoms with Gasteiger partial charge >= 0.3 is 0 Å². The topological polar surface area (TPSA) is 0 Å². The molecule has 0 fully saturated rings. The van der Waals surface area contributed by atoms with E-state index in [-0.39, 0.29) is 22.3 Å². The lowest BCUT2D eigenvalue weighted by molar-refractivity contribution is 0.588. The highest BCUT2D eigenvalue weighted by molar-refractivity contribution is 5.63. The number of unbranched alkanes of at least 4 members (excludes halogenated alkanes) is 8. The molecule has 1 aromatic rings. The molecule has 0 amide bonds. The van der Waals surface area contributed by atoms with Crippen molar-refractivity contribution in [1.82, 2.24) is 0 Å². The minimum Gasteiger partial charge on any atom is -0.204 e. The van der Waals surface area contributed by atoms with E-state index in [2.05, 4.69) is 75.1 Å². The van der Waals surface area contributed by atoms with Crippen molar-refractivity contribution in [2.75, 3.05) is 0 Å². The maximum Gasteiger partial charge on any atom is 0.157 e. The van der Waals surface area contributed by atoms with Gasteiger partial charge in [-0.05, 0) is 25.7 Å². The lowest BCUT2D eigenvalue weighted by Gasteiger charge is -2.08. The van der Waals surface area contributed by atoms with Crippen molar-refractivity contribution in [2.45, 2.75) is 105 Å². The van der Waals surface area contributed by atoms with Crippen LogP contribution in [0.1, 0.15) is 127 Å². The maximum atomic E-state index is 15.6. The molecule has 0 radical (unpaired) electrons. The van der Waals surface area contributed by atoms with E-state index in [0.717, 1.165) is 51.4 Å². The van der Waals surface area contributed by atoms with Crippen LogP contribution in [0.2, 0.25) is 0 Å². The number of hydrogen-bond donors (Lipinski definition) is 0. The third-order valence-corrected chi connectivity index (χ3v) is 4.85. The summed E-state index contributed by atoms with van der Waals surface area (Å²) < 4.78 is 31.3. The summed E-state index contributed by atoms with van der Waals surface area (Å²) in [4.78, 5) is 0. The normalized spacial score (nSPS) is 9.44. The smallest absolute Gasteiger partial charge is 0.157 e. The highest BCUT2D eigenvalue weighted by Gasteiger charge is 2.21. The van der Waals surface area contributed by atoms with E-state index in [0.29, 0.717) is 25.7 Å². The molecule has 0 aliphatic rings. The van der Waals surface area contributed by atoms with Gasteiger partial charge in [-0.25, -0.2) is 8.78 Å². The summed E-state index contributed by atoms with van der Waals surface area (Å²) in [6, 6.07) is 0. The van der Waals surface area contributed by atoms with Crippen molar-refractivity contribution in [3.8, 4) is 47.4 Å². The zero-order valence-corrected chi connectivity index (χ0v) is 20.2. The predicted octanol–water partition coefficient (Wildman–Crippen LogP) is 8.13. The van der Waals surface area contributed by atoms with Gasteiger partial charge < -0.3 is 0 Å². The number of halogens is 2. The monoisotopic (exact) mass is 434 g/mol. The van der Waals surface area contributed by atoms with E-state index in [9.17, 15) is 0 Å². The Balaban J connectivity index is 3.68. The number of rotatable bonds is 8. The highest BCUT2D eigenvalue weighted by atomic mass is 19.1. The molecule has 0 aliphatic carbocycles. The predicted molar refractivity (Wildman–Crippen MR) is 132 cm³/mol. The van der Waals surface area contributed by atoms with Crippen molar-refractivity contribution in [3.63, 3.8) is 0 Å².